The third-order valence-electron chi connectivity index (χ3n) is 5.18. The molecule has 1 aromatic carbocycles. The Morgan fingerprint density at radius 2 is 2.11 bits per heavy atom. The largest absolute Gasteiger partial charge is 0.339 e. The van der Waals surface area contributed by atoms with Gasteiger partial charge in [-0.25, -0.2) is 0 Å². The Kier molecular flexibility index (Phi) is 6.44. The molecule has 1 saturated heterocycles. The van der Waals surface area contributed by atoms with Gasteiger partial charge < -0.3 is 14.7 Å². The highest BCUT2D eigenvalue weighted by molar-refractivity contribution is 5.96. The lowest BCUT2D eigenvalue weighted by atomic mass is 10.0. The first-order valence-electron chi connectivity index (χ1n) is 9.94. The molecule has 150 valence electrons. The summed E-state index contributed by atoms with van der Waals surface area (Å²) >= 11 is 0. The van der Waals surface area contributed by atoms with Crippen LogP contribution in [-0.4, -0.2) is 39.4 Å². The van der Waals surface area contributed by atoms with E-state index in [0.29, 0.717) is 36.5 Å². The first-order chi connectivity index (χ1) is 13.4. The van der Waals surface area contributed by atoms with Gasteiger partial charge in [-0.05, 0) is 70.2 Å². The monoisotopic (exact) mass is 384 g/mol. The van der Waals surface area contributed by atoms with Gasteiger partial charge in [-0.2, -0.15) is 4.98 Å². The van der Waals surface area contributed by atoms with Crippen LogP contribution in [0, 0.1) is 13.8 Å². The molecule has 1 atom stereocenters. The van der Waals surface area contributed by atoms with E-state index in [0.717, 1.165) is 30.6 Å². The molecule has 0 saturated carbocycles. The van der Waals surface area contributed by atoms with E-state index in [-0.39, 0.29) is 17.9 Å². The van der Waals surface area contributed by atoms with Crippen LogP contribution >= 0.6 is 0 Å². The fraction of sp³-hybridized carbons (Fsp3) is 0.524. The summed E-state index contributed by atoms with van der Waals surface area (Å²) in [4.78, 5) is 31.1. The lowest BCUT2D eigenvalue weighted by Crippen LogP contribution is -2.42. The smallest absolute Gasteiger partial charge is 0.254 e. The maximum Gasteiger partial charge on any atom is 0.254 e. The normalized spacial score (nSPS) is 16.8. The van der Waals surface area contributed by atoms with Gasteiger partial charge in [-0.15, -0.1) is 0 Å². The summed E-state index contributed by atoms with van der Waals surface area (Å²) < 4.78 is 5.05. The Labute approximate surface area is 165 Å². The zero-order chi connectivity index (χ0) is 20.1. The molecule has 0 bridgehead atoms. The highest BCUT2D eigenvalue weighted by Gasteiger charge is 2.24. The second-order valence-corrected chi connectivity index (χ2v) is 7.51. The van der Waals surface area contributed by atoms with Gasteiger partial charge in [-0.1, -0.05) is 5.16 Å². The molecule has 2 amide bonds. The molecule has 7 nitrogen and oxygen atoms in total. The maximum atomic E-state index is 12.8. The SMILES string of the molecule is Cc1noc(CCCC(=O)Nc2ccc(C(=O)N3CCCCC3C)cc2C)n1. The summed E-state index contributed by atoms with van der Waals surface area (Å²) in [7, 11) is 0. The molecule has 28 heavy (non-hydrogen) atoms. The zero-order valence-electron chi connectivity index (χ0n) is 16.8. The van der Waals surface area contributed by atoms with E-state index in [2.05, 4.69) is 22.4 Å². The van der Waals surface area contributed by atoms with Crippen LogP contribution in [0.4, 0.5) is 5.69 Å². The molecule has 0 radical (unpaired) electrons. The zero-order valence-corrected chi connectivity index (χ0v) is 16.8. The quantitative estimate of drug-likeness (QED) is 0.821. The number of anilines is 1. The third kappa shape index (κ3) is 4.97. The molecular weight excluding hydrogens is 356 g/mol. The molecule has 0 spiro atoms. The predicted octanol–water partition coefficient (Wildman–Crippen LogP) is 3.66. The van der Waals surface area contributed by atoms with Crippen molar-refractivity contribution in [1.82, 2.24) is 15.0 Å². The van der Waals surface area contributed by atoms with Gasteiger partial charge in [-0.3, -0.25) is 9.59 Å². The summed E-state index contributed by atoms with van der Waals surface area (Å²) in [6.45, 7) is 6.60. The van der Waals surface area contributed by atoms with Crippen LogP contribution in [0.15, 0.2) is 22.7 Å². The summed E-state index contributed by atoms with van der Waals surface area (Å²) in [5, 5.41) is 6.66. The number of hydrogen-bond acceptors (Lipinski definition) is 5. The Morgan fingerprint density at radius 3 is 2.79 bits per heavy atom. The van der Waals surface area contributed by atoms with Gasteiger partial charge in [0.05, 0.1) is 0 Å². The molecule has 1 fully saturated rings. The van der Waals surface area contributed by atoms with Crippen LogP contribution in [0.2, 0.25) is 0 Å². The highest BCUT2D eigenvalue weighted by atomic mass is 16.5. The minimum absolute atomic E-state index is 0.0666. The number of carbonyl (C=O) groups is 2. The third-order valence-corrected chi connectivity index (χ3v) is 5.18. The predicted molar refractivity (Wildman–Crippen MR) is 106 cm³/mol. The minimum atomic E-state index is -0.0666. The first-order valence-corrected chi connectivity index (χ1v) is 9.94. The summed E-state index contributed by atoms with van der Waals surface area (Å²) in [6, 6.07) is 5.76. The molecule has 0 aliphatic carbocycles. The molecule has 1 N–H and O–H groups in total. The molecule has 3 rings (SSSR count). The van der Waals surface area contributed by atoms with Gasteiger partial charge in [0, 0.05) is 36.7 Å². The Hall–Kier alpha value is -2.70. The molecule has 2 heterocycles. The van der Waals surface area contributed by atoms with Crippen molar-refractivity contribution in [3.63, 3.8) is 0 Å². The average Bonchev–Trinajstić information content (AvgIpc) is 3.08. The number of piperidine rings is 1. The van der Waals surface area contributed by atoms with E-state index >= 15 is 0 Å². The van der Waals surface area contributed by atoms with Gasteiger partial charge in [0.25, 0.3) is 5.91 Å². The van der Waals surface area contributed by atoms with Crippen LogP contribution in [0.1, 0.15) is 66.7 Å². The number of likely N-dealkylation sites (tertiary alicyclic amines) is 1. The van der Waals surface area contributed by atoms with Crippen molar-refractivity contribution in [2.75, 3.05) is 11.9 Å². The van der Waals surface area contributed by atoms with Crippen molar-refractivity contribution in [2.24, 2.45) is 0 Å². The maximum absolute atomic E-state index is 12.8. The van der Waals surface area contributed by atoms with Crippen LogP contribution in [0.3, 0.4) is 0 Å². The molecule has 1 aliphatic heterocycles. The molecular formula is C21H28N4O3. The number of rotatable bonds is 6. The lowest BCUT2D eigenvalue weighted by molar-refractivity contribution is -0.116. The lowest BCUT2D eigenvalue weighted by Gasteiger charge is -2.33. The summed E-state index contributed by atoms with van der Waals surface area (Å²) in [5.41, 5.74) is 2.30. The number of aromatic nitrogens is 2. The van der Waals surface area contributed by atoms with Crippen LogP contribution < -0.4 is 5.32 Å². The van der Waals surface area contributed by atoms with Crippen molar-refractivity contribution in [3.8, 4) is 0 Å². The van der Waals surface area contributed by atoms with Crippen molar-refractivity contribution in [2.45, 2.75) is 65.3 Å². The van der Waals surface area contributed by atoms with Crippen LogP contribution in [0.5, 0.6) is 0 Å². The van der Waals surface area contributed by atoms with Gasteiger partial charge in [0.2, 0.25) is 11.8 Å². The van der Waals surface area contributed by atoms with E-state index in [1.807, 2.05) is 24.0 Å². The number of carbonyl (C=O) groups excluding carboxylic acids is 2. The molecule has 1 aromatic heterocycles. The summed E-state index contributed by atoms with van der Waals surface area (Å²) in [6.07, 6.45) is 4.88. The number of nitrogens with zero attached hydrogens (tertiary/aromatic N) is 3. The van der Waals surface area contributed by atoms with E-state index in [1.165, 1.54) is 6.42 Å². The molecule has 1 aliphatic rings. The van der Waals surface area contributed by atoms with Gasteiger partial charge in [0.15, 0.2) is 5.82 Å². The number of amides is 2. The minimum Gasteiger partial charge on any atom is -0.339 e. The number of aryl methyl sites for hydroxylation is 3. The number of nitrogens with one attached hydrogen (secondary N) is 1. The Morgan fingerprint density at radius 1 is 1.29 bits per heavy atom. The Bertz CT molecular complexity index is 846. The van der Waals surface area contributed by atoms with Crippen LogP contribution in [-0.2, 0) is 11.2 Å². The second kappa shape index (κ2) is 8.99. The molecule has 1 unspecified atom stereocenters. The fourth-order valence-corrected chi connectivity index (χ4v) is 3.56. The Balaban J connectivity index is 1.54. The standard InChI is InChI=1S/C21H28N4O3/c1-14-13-17(21(27)25-12-5-4-7-15(25)2)10-11-18(14)23-19(26)8-6-9-20-22-16(3)24-28-20/h10-11,13,15H,4-9,12H2,1-3H3,(H,23,26). The van der Waals surface area contributed by atoms with Crippen molar-refractivity contribution in [1.29, 1.82) is 0 Å². The fourth-order valence-electron chi connectivity index (χ4n) is 3.56. The summed E-state index contributed by atoms with van der Waals surface area (Å²) in [5.74, 6) is 1.16. The van der Waals surface area contributed by atoms with Crippen molar-refractivity contribution in [3.05, 3.63) is 41.0 Å². The van der Waals surface area contributed by atoms with Crippen LogP contribution in [0.25, 0.3) is 0 Å². The molecule has 2 aromatic rings. The van der Waals surface area contributed by atoms with Crippen molar-refractivity contribution >= 4 is 17.5 Å². The second-order valence-electron chi connectivity index (χ2n) is 7.51. The first kappa shape index (κ1) is 20.0. The number of benzene rings is 1. The van der Waals surface area contributed by atoms with Crippen molar-refractivity contribution < 1.29 is 14.1 Å². The van der Waals surface area contributed by atoms with E-state index in [1.54, 1.807) is 13.0 Å². The van der Waals surface area contributed by atoms with E-state index in [9.17, 15) is 9.59 Å². The van der Waals surface area contributed by atoms with Gasteiger partial charge >= 0.3 is 0 Å². The van der Waals surface area contributed by atoms with E-state index in [4.69, 9.17) is 4.52 Å². The number of hydrogen-bond donors (Lipinski definition) is 1. The highest BCUT2D eigenvalue weighted by Crippen LogP contribution is 2.22. The van der Waals surface area contributed by atoms with Gasteiger partial charge in [0.1, 0.15) is 0 Å². The molecule has 7 heteroatoms. The average molecular weight is 384 g/mol. The topological polar surface area (TPSA) is 88.3 Å². The van der Waals surface area contributed by atoms with E-state index < -0.39 is 0 Å².